The molecule has 1 fully saturated rings. The monoisotopic (exact) mass is 367 g/mol. The van der Waals surface area contributed by atoms with E-state index >= 15 is 0 Å². The zero-order valence-corrected chi connectivity index (χ0v) is 15.5. The fourth-order valence-electron chi connectivity index (χ4n) is 4.16. The summed E-state index contributed by atoms with van der Waals surface area (Å²) in [5.74, 6) is -0.257. The first-order chi connectivity index (χ1) is 13.1. The maximum atomic E-state index is 12.8. The summed E-state index contributed by atoms with van der Waals surface area (Å²) in [6.07, 6.45) is 4.38. The van der Waals surface area contributed by atoms with Gasteiger partial charge >= 0.3 is 0 Å². The first-order valence-electron chi connectivity index (χ1n) is 9.51. The number of fused-ring (bicyclic) bond motifs is 2. The summed E-state index contributed by atoms with van der Waals surface area (Å²) in [6, 6.07) is 8.42. The van der Waals surface area contributed by atoms with Crippen molar-refractivity contribution in [3.8, 4) is 0 Å². The number of carbonyl (C=O) groups excluding carboxylic acids is 2. The normalized spacial score (nSPS) is 19.4. The Balaban J connectivity index is 1.37. The number of imidazole rings is 1. The summed E-state index contributed by atoms with van der Waals surface area (Å²) >= 11 is 0. The molecule has 1 aromatic heterocycles. The fraction of sp³-hybridized carbons (Fsp3) is 0.450. The van der Waals surface area contributed by atoms with Crippen LogP contribution >= 0.6 is 0 Å². The molecule has 0 radical (unpaired) electrons. The van der Waals surface area contributed by atoms with Crippen LogP contribution in [0.2, 0.25) is 0 Å². The Morgan fingerprint density at radius 1 is 1.22 bits per heavy atom. The van der Waals surface area contributed by atoms with Gasteiger partial charge in [-0.2, -0.15) is 0 Å². The smallest absolute Gasteiger partial charge is 0.251 e. The van der Waals surface area contributed by atoms with Crippen LogP contribution in [0.4, 0.5) is 0 Å². The van der Waals surface area contributed by atoms with E-state index in [1.807, 2.05) is 23.1 Å². The molecular weight excluding hydrogens is 342 g/mol. The van der Waals surface area contributed by atoms with E-state index in [0.717, 1.165) is 31.5 Å². The number of nitrogens with zero attached hydrogens (tertiary/aromatic N) is 2. The molecule has 2 amide bonds. The van der Waals surface area contributed by atoms with Gasteiger partial charge in [-0.05, 0) is 31.9 Å². The van der Waals surface area contributed by atoms with Crippen molar-refractivity contribution in [2.24, 2.45) is 0 Å². The number of piperidine rings is 1. The highest BCUT2D eigenvalue weighted by molar-refractivity contribution is 5.97. The van der Waals surface area contributed by atoms with E-state index in [4.69, 9.17) is 0 Å². The Morgan fingerprint density at radius 2 is 1.96 bits per heavy atom. The summed E-state index contributed by atoms with van der Waals surface area (Å²) in [5.41, 5.74) is 2.73. The van der Waals surface area contributed by atoms with Gasteiger partial charge in [0.2, 0.25) is 5.91 Å². The van der Waals surface area contributed by atoms with Crippen molar-refractivity contribution < 1.29 is 9.59 Å². The molecule has 0 unspecified atom stereocenters. The SMILES string of the molecule is C[C@@H](NC(=O)c1ccccc1)C(=O)N1CCC2(CC1)NCCc1[nH]cnc12. The van der Waals surface area contributed by atoms with Crippen molar-refractivity contribution in [3.63, 3.8) is 0 Å². The van der Waals surface area contributed by atoms with Crippen LogP contribution in [-0.2, 0) is 16.8 Å². The molecule has 2 aromatic rings. The van der Waals surface area contributed by atoms with Crippen molar-refractivity contribution in [2.45, 2.75) is 37.8 Å². The zero-order valence-electron chi connectivity index (χ0n) is 15.5. The fourth-order valence-corrected chi connectivity index (χ4v) is 4.16. The Bertz CT molecular complexity index is 824. The molecule has 27 heavy (non-hydrogen) atoms. The third-order valence-corrected chi connectivity index (χ3v) is 5.69. The van der Waals surface area contributed by atoms with Gasteiger partial charge in [-0.3, -0.25) is 9.59 Å². The van der Waals surface area contributed by atoms with Crippen LogP contribution in [0.3, 0.4) is 0 Å². The van der Waals surface area contributed by atoms with Crippen LogP contribution < -0.4 is 10.6 Å². The second-order valence-electron chi connectivity index (χ2n) is 7.38. The van der Waals surface area contributed by atoms with Crippen molar-refractivity contribution >= 4 is 11.8 Å². The van der Waals surface area contributed by atoms with E-state index in [1.54, 1.807) is 25.4 Å². The summed E-state index contributed by atoms with van der Waals surface area (Å²) in [6.45, 7) is 3.98. The quantitative estimate of drug-likeness (QED) is 0.760. The van der Waals surface area contributed by atoms with Gasteiger partial charge in [0.25, 0.3) is 5.91 Å². The minimum absolute atomic E-state index is 0.0350. The lowest BCUT2D eigenvalue weighted by atomic mass is 9.80. The Labute approximate surface area is 158 Å². The van der Waals surface area contributed by atoms with Crippen LogP contribution in [-0.4, -0.2) is 52.4 Å². The minimum atomic E-state index is -0.549. The zero-order chi connectivity index (χ0) is 18.9. The molecule has 1 spiro atoms. The van der Waals surface area contributed by atoms with Crippen LogP contribution in [0.5, 0.6) is 0 Å². The average molecular weight is 367 g/mol. The molecule has 4 rings (SSSR count). The molecular formula is C20H25N5O2. The largest absolute Gasteiger partial charge is 0.348 e. The first-order valence-corrected chi connectivity index (χ1v) is 9.51. The standard InChI is InChI=1S/C20H25N5O2/c1-14(24-18(26)15-5-3-2-4-6-15)19(27)25-11-8-20(9-12-25)17-16(7-10-23-20)21-13-22-17/h2-6,13-14,23H,7-12H2,1H3,(H,21,22)(H,24,26)/t14-/m1/s1. The number of likely N-dealkylation sites (tertiary alicyclic amines) is 1. The van der Waals surface area contributed by atoms with Gasteiger partial charge < -0.3 is 20.5 Å². The lowest BCUT2D eigenvalue weighted by molar-refractivity contribution is -0.134. The molecule has 0 bridgehead atoms. The summed E-state index contributed by atoms with van der Waals surface area (Å²) < 4.78 is 0. The summed E-state index contributed by atoms with van der Waals surface area (Å²) in [4.78, 5) is 34.7. The third-order valence-electron chi connectivity index (χ3n) is 5.69. The van der Waals surface area contributed by atoms with Crippen molar-refractivity contribution in [3.05, 3.63) is 53.6 Å². The van der Waals surface area contributed by atoms with Crippen LogP contribution in [0.15, 0.2) is 36.7 Å². The number of H-pyrrole nitrogens is 1. The van der Waals surface area contributed by atoms with Crippen molar-refractivity contribution in [1.82, 2.24) is 25.5 Å². The molecule has 1 atom stereocenters. The number of benzene rings is 1. The number of aromatic nitrogens is 2. The number of aromatic amines is 1. The van der Waals surface area contributed by atoms with E-state index in [2.05, 4.69) is 20.6 Å². The molecule has 1 aromatic carbocycles. The molecule has 0 aliphatic carbocycles. The molecule has 1 saturated heterocycles. The second-order valence-corrected chi connectivity index (χ2v) is 7.38. The average Bonchev–Trinajstić information content (AvgIpc) is 3.19. The van der Waals surface area contributed by atoms with Crippen molar-refractivity contribution in [1.29, 1.82) is 0 Å². The van der Waals surface area contributed by atoms with Gasteiger partial charge in [-0.1, -0.05) is 18.2 Å². The first kappa shape index (κ1) is 17.7. The predicted octanol–water partition coefficient (Wildman–Crippen LogP) is 1.19. The number of carbonyl (C=O) groups is 2. The van der Waals surface area contributed by atoms with Crippen LogP contribution in [0.25, 0.3) is 0 Å². The lowest BCUT2D eigenvalue weighted by Crippen LogP contribution is -2.57. The number of hydrogen-bond donors (Lipinski definition) is 3. The van der Waals surface area contributed by atoms with Gasteiger partial charge in [0, 0.05) is 37.3 Å². The molecule has 2 aliphatic heterocycles. The Morgan fingerprint density at radius 3 is 2.70 bits per heavy atom. The van der Waals surface area contributed by atoms with Gasteiger partial charge in [0.15, 0.2) is 0 Å². The molecule has 3 heterocycles. The highest BCUT2D eigenvalue weighted by atomic mass is 16.2. The number of nitrogens with one attached hydrogen (secondary N) is 3. The van der Waals surface area contributed by atoms with Gasteiger partial charge in [0.05, 0.1) is 17.6 Å². The topological polar surface area (TPSA) is 90.1 Å². The molecule has 7 heteroatoms. The van der Waals surface area contributed by atoms with Gasteiger partial charge in [0.1, 0.15) is 6.04 Å². The molecule has 3 N–H and O–H groups in total. The molecule has 7 nitrogen and oxygen atoms in total. The lowest BCUT2D eigenvalue weighted by Gasteiger charge is -2.44. The Hall–Kier alpha value is -2.67. The number of amides is 2. The highest BCUT2D eigenvalue weighted by Crippen LogP contribution is 2.35. The van der Waals surface area contributed by atoms with E-state index in [9.17, 15) is 9.59 Å². The number of rotatable bonds is 3. The number of hydrogen-bond acceptors (Lipinski definition) is 4. The maximum Gasteiger partial charge on any atom is 0.251 e. The molecule has 2 aliphatic rings. The summed E-state index contributed by atoms with van der Waals surface area (Å²) in [7, 11) is 0. The van der Waals surface area contributed by atoms with Gasteiger partial charge in [-0.25, -0.2) is 4.98 Å². The van der Waals surface area contributed by atoms with Gasteiger partial charge in [-0.15, -0.1) is 0 Å². The Kier molecular flexibility index (Phi) is 4.70. The minimum Gasteiger partial charge on any atom is -0.348 e. The molecule has 0 saturated carbocycles. The maximum absolute atomic E-state index is 12.8. The summed E-state index contributed by atoms with van der Waals surface area (Å²) in [5, 5.41) is 6.44. The van der Waals surface area contributed by atoms with E-state index in [1.165, 1.54) is 5.69 Å². The van der Waals surface area contributed by atoms with E-state index in [-0.39, 0.29) is 17.4 Å². The third kappa shape index (κ3) is 3.35. The molecule has 142 valence electrons. The highest BCUT2D eigenvalue weighted by Gasteiger charge is 2.42. The van der Waals surface area contributed by atoms with Crippen molar-refractivity contribution in [2.75, 3.05) is 19.6 Å². The predicted molar refractivity (Wildman–Crippen MR) is 101 cm³/mol. The van der Waals surface area contributed by atoms with E-state index in [0.29, 0.717) is 18.7 Å². The van der Waals surface area contributed by atoms with Crippen LogP contribution in [0.1, 0.15) is 41.5 Å². The second kappa shape index (κ2) is 7.15. The van der Waals surface area contributed by atoms with Crippen LogP contribution in [0, 0.1) is 0 Å². The van der Waals surface area contributed by atoms with E-state index < -0.39 is 6.04 Å².